The van der Waals surface area contributed by atoms with Crippen LogP contribution in [0.5, 0.6) is 5.75 Å². The van der Waals surface area contributed by atoms with Crippen molar-refractivity contribution < 1.29 is 4.74 Å². The second-order valence-corrected chi connectivity index (χ2v) is 5.02. The summed E-state index contributed by atoms with van der Waals surface area (Å²) >= 11 is 1.81. The predicted octanol–water partition coefficient (Wildman–Crippen LogP) is 1.90. The summed E-state index contributed by atoms with van der Waals surface area (Å²) in [5.41, 5.74) is 1.16. The second kappa shape index (κ2) is 9.55. The number of para-hydroxylation sites is 1. The number of nitrogens with one attached hydrogen (secondary N) is 2. The van der Waals surface area contributed by atoms with E-state index in [1.165, 1.54) is 0 Å². The number of nitrogens with zero attached hydrogens (tertiary/aromatic N) is 1. The summed E-state index contributed by atoms with van der Waals surface area (Å²) in [5.74, 6) is 2.83. The fourth-order valence-electron chi connectivity index (χ4n) is 1.54. The molecule has 1 rings (SSSR count). The third-order valence-electron chi connectivity index (χ3n) is 2.57. The van der Waals surface area contributed by atoms with Crippen LogP contribution in [0, 0.1) is 6.92 Å². The smallest absolute Gasteiger partial charge is 0.191 e. The summed E-state index contributed by atoms with van der Waals surface area (Å²) in [6.45, 7) is 4.31. The van der Waals surface area contributed by atoms with Crippen molar-refractivity contribution in [2.24, 2.45) is 4.99 Å². The number of ether oxygens (including phenoxy) is 1. The standard InChI is InChI=1S/C14H23N3OS/c1-12-6-4-5-7-13(12)18-10-8-16-14(15-2)17-9-11-19-3/h4-7H,8-11H2,1-3H3,(H2,15,16,17). The Hall–Kier alpha value is -1.36. The highest BCUT2D eigenvalue weighted by Gasteiger charge is 1.99. The van der Waals surface area contributed by atoms with Crippen LogP contribution in [0.15, 0.2) is 29.3 Å². The fourth-order valence-corrected chi connectivity index (χ4v) is 1.85. The maximum absolute atomic E-state index is 5.71. The molecule has 0 atom stereocenters. The van der Waals surface area contributed by atoms with Gasteiger partial charge in [-0.3, -0.25) is 4.99 Å². The number of thioether (sulfide) groups is 1. The van der Waals surface area contributed by atoms with Crippen LogP contribution in [-0.4, -0.2) is 44.7 Å². The van der Waals surface area contributed by atoms with Crippen LogP contribution in [0.3, 0.4) is 0 Å². The SMILES string of the molecule is CN=C(NCCOc1ccccc1C)NCCSC. The average molecular weight is 281 g/mol. The van der Waals surface area contributed by atoms with Gasteiger partial charge < -0.3 is 15.4 Å². The lowest BCUT2D eigenvalue weighted by molar-refractivity contribution is 0.320. The van der Waals surface area contributed by atoms with E-state index in [1.54, 1.807) is 7.05 Å². The van der Waals surface area contributed by atoms with Crippen LogP contribution in [0.25, 0.3) is 0 Å². The van der Waals surface area contributed by atoms with Gasteiger partial charge in [0.1, 0.15) is 12.4 Å². The van der Waals surface area contributed by atoms with Gasteiger partial charge in [0, 0.05) is 19.3 Å². The first kappa shape index (κ1) is 15.7. The van der Waals surface area contributed by atoms with Gasteiger partial charge in [-0.1, -0.05) is 18.2 Å². The van der Waals surface area contributed by atoms with E-state index < -0.39 is 0 Å². The molecule has 106 valence electrons. The van der Waals surface area contributed by atoms with Gasteiger partial charge in [-0.2, -0.15) is 11.8 Å². The van der Waals surface area contributed by atoms with E-state index in [9.17, 15) is 0 Å². The lowest BCUT2D eigenvalue weighted by Gasteiger charge is -2.12. The maximum atomic E-state index is 5.71. The fraction of sp³-hybridized carbons (Fsp3) is 0.500. The molecule has 5 heteroatoms. The Labute approximate surface area is 120 Å². The van der Waals surface area contributed by atoms with Gasteiger partial charge in [-0.15, -0.1) is 0 Å². The minimum atomic E-state index is 0.619. The van der Waals surface area contributed by atoms with Crippen molar-refractivity contribution in [3.05, 3.63) is 29.8 Å². The zero-order valence-corrected chi connectivity index (χ0v) is 12.7. The average Bonchev–Trinajstić information content (AvgIpc) is 2.43. The Balaban J connectivity index is 2.21. The molecule has 0 fully saturated rings. The Morgan fingerprint density at radius 1 is 1.26 bits per heavy atom. The van der Waals surface area contributed by atoms with E-state index in [2.05, 4.69) is 21.9 Å². The zero-order valence-electron chi connectivity index (χ0n) is 11.9. The van der Waals surface area contributed by atoms with Crippen molar-refractivity contribution in [3.63, 3.8) is 0 Å². The molecule has 0 saturated carbocycles. The first-order valence-electron chi connectivity index (χ1n) is 6.40. The molecule has 0 aliphatic carbocycles. The third kappa shape index (κ3) is 6.38. The lowest BCUT2D eigenvalue weighted by atomic mass is 10.2. The normalized spacial score (nSPS) is 11.2. The summed E-state index contributed by atoms with van der Waals surface area (Å²) in [4.78, 5) is 4.15. The molecule has 1 aromatic carbocycles. The number of hydrogen-bond donors (Lipinski definition) is 2. The lowest BCUT2D eigenvalue weighted by Crippen LogP contribution is -2.40. The number of guanidine groups is 1. The Kier molecular flexibility index (Phi) is 7.89. The largest absolute Gasteiger partial charge is 0.491 e. The number of rotatable bonds is 7. The number of aliphatic imine (C=N–C) groups is 1. The van der Waals surface area contributed by atoms with E-state index in [1.807, 2.05) is 43.0 Å². The molecule has 0 unspecified atom stereocenters. The Bertz CT molecular complexity index is 396. The monoisotopic (exact) mass is 281 g/mol. The molecule has 19 heavy (non-hydrogen) atoms. The van der Waals surface area contributed by atoms with Crippen LogP contribution in [0.1, 0.15) is 5.56 Å². The van der Waals surface area contributed by atoms with Crippen LogP contribution < -0.4 is 15.4 Å². The molecule has 0 saturated heterocycles. The Morgan fingerprint density at radius 3 is 2.68 bits per heavy atom. The molecular weight excluding hydrogens is 258 g/mol. The topological polar surface area (TPSA) is 45.7 Å². The summed E-state index contributed by atoms with van der Waals surface area (Å²) in [6, 6.07) is 8.03. The second-order valence-electron chi connectivity index (χ2n) is 4.03. The first-order valence-corrected chi connectivity index (χ1v) is 7.79. The summed E-state index contributed by atoms with van der Waals surface area (Å²) in [5, 5.41) is 6.47. The molecule has 4 nitrogen and oxygen atoms in total. The van der Waals surface area contributed by atoms with Gasteiger partial charge in [0.25, 0.3) is 0 Å². The molecule has 0 aromatic heterocycles. The minimum Gasteiger partial charge on any atom is -0.491 e. The Morgan fingerprint density at radius 2 is 2.00 bits per heavy atom. The third-order valence-corrected chi connectivity index (χ3v) is 3.18. The quantitative estimate of drug-likeness (QED) is 0.455. The van der Waals surface area contributed by atoms with Crippen molar-refractivity contribution in [3.8, 4) is 5.75 Å². The maximum Gasteiger partial charge on any atom is 0.191 e. The highest BCUT2D eigenvalue weighted by Crippen LogP contribution is 2.15. The zero-order chi connectivity index (χ0) is 13.9. The highest BCUT2D eigenvalue weighted by atomic mass is 32.2. The van der Waals surface area contributed by atoms with E-state index in [0.29, 0.717) is 6.61 Å². The molecule has 2 N–H and O–H groups in total. The molecule has 0 aliphatic heterocycles. The summed E-state index contributed by atoms with van der Waals surface area (Å²) in [7, 11) is 1.77. The van der Waals surface area contributed by atoms with E-state index in [0.717, 1.165) is 36.1 Å². The molecule has 0 spiro atoms. The van der Waals surface area contributed by atoms with Crippen LogP contribution >= 0.6 is 11.8 Å². The molecule has 0 amide bonds. The minimum absolute atomic E-state index is 0.619. The predicted molar refractivity (Wildman–Crippen MR) is 84.4 cm³/mol. The van der Waals surface area contributed by atoms with E-state index in [4.69, 9.17) is 4.74 Å². The molecule has 1 aromatic rings. The summed E-state index contributed by atoms with van der Waals surface area (Å²) in [6.07, 6.45) is 2.09. The van der Waals surface area contributed by atoms with Gasteiger partial charge in [0.15, 0.2) is 5.96 Å². The van der Waals surface area contributed by atoms with Gasteiger partial charge in [0.05, 0.1) is 6.54 Å². The van der Waals surface area contributed by atoms with Gasteiger partial charge in [-0.25, -0.2) is 0 Å². The van der Waals surface area contributed by atoms with Crippen molar-refractivity contribution in [1.82, 2.24) is 10.6 Å². The number of aryl methyl sites for hydroxylation is 1. The van der Waals surface area contributed by atoms with Crippen LogP contribution in [0.4, 0.5) is 0 Å². The van der Waals surface area contributed by atoms with Crippen molar-refractivity contribution in [2.75, 3.05) is 38.8 Å². The molecule has 0 heterocycles. The molecule has 0 radical (unpaired) electrons. The summed E-state index contributed by atoms with van der Waals surface area (Å²) < 4.78 is 5.71. The highest BCUT2D eigenvalue weighted by molar-refractivity contribution is 7.98. The van der Waals surface area contributed by atoms with Crippen molar-refractivity contribution >= 4 is 17.7 Å². The van der Waals surface area contributed by atoms with Gasteiger partial charge in [0.2, 0.25) is 0 Å². The number of hydrogen-bond acceptors (Lipinski definition) is 3. The van der Waals surface area contributed by atoms with Crippen molar-refractivity contribution in [2.45, 2.75) is 6.92 Å². The number of benzene rings is 1. The van der Waals surface area contributed by atoms with Crippen molar-refractivity contribution in [1.29, 1.82) is 0 Å². The molecular formula is C14H23N3OS. The van der Waals surface area contributed by atoms with Crippen LogP contribution in [-0.2, 0) is 0 Å². The molecule has 0 aliphatic rings. The van der Waals surface area contributed by atoms with Gasteiger partial charge in [-0.05, 0) is 24.8 Å². The van der Waals surface area contributed by atoms with Crippen LogP contribution in [0.2, 0.25) is 0 Å². The van der Waals surface area contributed by atoms with E-state index >= 15 is 0 Å². The molecule has 0 bridgehead atoms. The first-order chi connectivity index (χ1) is 9.27. The van der Waals surface area contributed by atoms with E-state index in [-0.39, 0.29) is 0 Å². The van der Waals surface area contributed by atoms with Gasteiger partial charge >= 0.3 is 0 Å².